The number of hydrogen-bond donors (Lipinski definition) is 15. The van der Waals surface area contributed by atoms with Crippen LogP contribution in [0.2, 0.25) is 0 Å². The number of ether oxygens (including phenoxy) is 4. The molecule has 4 aliphatic heterocycles. The zero-order valence-electron chi connectivity index (χ0n) is 48.0. The molecule has 478 valence electrons. The molecular weight excluding hydrogens is 1180 g/mol. The van der Waals surface area contributed by atoms with Crippen molar-refractivity contribution in [3.63, 3.8) is 0 Å². The highest BCUT2D eigenvalue weighted by Gasteiger charge is 2.50. The van der Waals surface area contributed by atoms with Crippen LogP contribution in [0.4, 0.5) is 4.39 Å². The van der Waals surface area contributed by atoms with E-state index < -0.39 is 183 Å². The molecule has 0 bridgehead atoms. The van der Waals surface area contributed by atoms with Gasteiger partial charge >= 0.3 is 5.97 Å². The fourth-order valence-corrected chi connectivity index (χ4v) is 11.3. The maximum Gasteiger partial charge on any atom is 0.343 e. The van der Waals surface area contributed by atoms with E-state index in [1.807, 2.05) is 0 Å². The second-order valence-corrected chi connectivity index (χ2v) is 22.0. The molecule has 32 heteroatoms. The Hall–Kier alpha value is -8.44. The van der Waals surface area contributed by atoms with Crippen LogP contribution < -0.4 is 53.8 Å². The molecule has 4 aromatic rings. The number of benzene rings is 2. The predicted molar refractivity (Wildman–Crippen MR) is 300 cm³/mol. The molecule has 5 aliphatic rings. The van der Waals surface area contributed by atoms with Gasteiger partial charge in [0.05, 0.1) is 67.3 Å². The van der Waals surface area contributed by atoms with Gasteiger partial charge in [0.2, 0.25) is 41.4 Å². The van der Waals surface area contributed by atoms with Gasteiger partial charge in [0.1, 0.15) is 62.3 Å². The van der Waals surface area contributed by atoms with E-state index in [2.05, 4.69) is 42.5 Å². The molecule has 2 aromatic carbocycles. The van der Waals surface area contributed by atoms with Crippen molar-refractivity contribution in [2.75, 3.05) is 39.6 Å². The second kappa shape index (κ2) is 27.5. The molecule has 8 amide bonds. The van der Waals surface area contributed by atoms with Crippen molar-refractivity contribution in [3.05, 3.63) is 97.6 Å². The first-order chi connectivity index (χ1) is 42.4. The highest BCUT2D eigenvalue weighted by molar-refractivity contribution is 5.95. The molecule has 12 atom stereocenters. The topological polar surface area (TPSA) is 469 Å². The molecule has 16 N–H and O–H groups in total. The van der Waals surface area contributed by atoms with Crippen molar-refractivity contribution in [3.8, 4) is 11.4 Å². The molecule has 2 fully saturated rings. The number of carbonyl (C=O) groups excluding carboxylic acids is 9. The van der Waals surface area contributed by atoms with E-state index in [0.717, 1.165) is 0 Å². The number of aromatic nitrogens is 2. The summed E-state index contributed by atoms with van der Waals surface area (Å²) in [6.45, 7) is -0.671. The number of aliphatic hydroxyl groups excluding tert-OH is 5. The number of hydrogen-bond acceptors (Lipinski definition) is 22. The normalized spacial score (nSPS) is 24.4. The summed E-state index contributed by atoms with van der Waals surface area (Å²) in [5.74, 6) is -7.93. The number of rotatable bonds is 24. The van der Waals surface area contributed by atoms with Gasteiger partial charge in [-0.2, -0.15) is 0 Å². The second-order valence-electron chi connectivity index (χ2n) is 22.0. The molecule has 0 saturated carbocycles. The predicted octanol–water partition coefficient (Wildman–Crippen LogP) is -5.98. The van der Waals surface area contributed by atoms with E-state index in [1.165, 1.54) is 10.6 Å². The van der Waals surface area contributed by atoms with Gasteiger partial charge in [-0.1, -0.05) is 37.3 Å². The average molecular weight is 1250 g/mol. The first-order valence-corrected chi connectivity index (χ1v) is 28.5. The van der Waals surface area contributed by atoms with Crippen molar-refractivity contribution in [1.29, 1.82) is 0 Å². The number of nitrogens with zero attached hydrogens (tertiary/aromatic N) is 2. The Morgan fingerprint density at radius 1 is 0.820 bits per heavy atom. The minimum atomic E-state index is -2.08. The molecule has 2 saturated heterocycles. The zero-order valence-corrected chi connectivity index (χ0v) is 48.0. The number of nitrogens with one attached hydrogen (secondary N) is 8. The number of cyclic esters (lactones) is 1. The number of carbonyl (C=O) groups is 9. The Balaban J connectivity index is 0.703. The van der Waals surface area contributed by atoms with Gasteiger partial charge in [0, 0.05) is 35.4 Å². The number of pyridine rings is 2. The van der Waals surface area contributed by atoms with Gasteiger partial charge in [-0.3, -0.25) is 43.2 Å². The molecular formula is C57H68FN11O20. The third-order valence-corrected chi connectivity index (χ3v) is 16.2. The number of nitrogens with two attached hydrogens (primary N) is 1. The Morgan fingerprint density at radius 3 is 2.21 bits per heavy atom. The number of amides is 8. The first kappa shape index (κ1) is 65.0. The Morgan fingerprint density at radius 2 is 1.51 bits per heavy atom. The summed E-state index contributed by atoms with van der Waals surface area (Å²) < 4.78 is 38.0. The van der Waals surface area contributed by atoms with Crippen LogP contribution in [0.25, 0.3) is 22.3 Å². The fraction of sp³-hybridized carbons (Fsp3) is 0.491. The van der Waals surface area contributed by atoms with E-state index in [0.29, 0.717) is 57.4 Å². The molecule has 1 aliphatic carbocycles. The molecule has 31 nitrogen and oxygen atoms in total. The Kier molecular flexibility index (Phi) is 20.1. The highest BCUT2D eigenvalue weighted by Crippen LogP contribution is 2.46. The van der Waals surface area contributed by atoms with Gasteiger partial charge in [0.25, 0.3) is 11.5 Å². The fourth-order valence-electron chi connectivity index (χ4n) is 11.3. The molecule has 0 radical (unpaired) electrons. The lowest BCUT2D eigenvalue weighted by molar-refractivity contribution is -0.172. The van der Waals surface area contributed by atoms with Gasteiger partial charge in [-0.05, 0) is 60.9 Å². The standard InChI is InChI=1S/C57H68FN11O20/c1-3-57(85)29-14-35-44-27(19-69(35)55(83)28(29)21-87-56(57)84)43-32(11-9-26-24(2)30(58)15-33(66-44)42(26)43)64-41(75)22-86-23-63-39(73)17-62-51(81)34(13-25-7-5-4-6-8-25)65-40(74)18-60-38(72)16-61-50(80)31(59)10-12-37(71)67-53-48(79)46(77)49(89-53)52(82)68-54-47(78)45(76)36(20-70)88-54/h4-8,14-15,31-32,34,36,45-49,53-54,70,76-79,85H,3,9-13,16-23,59H2,1-2H3,(H,60,72)(H,61,80)(H,62,81)(H,63,73)(H,64,75)(H,65,74)(H,67,71)(H,68,82)/t31-,32-,34-,36+,45+,46-,47+,48+,49-,53?,54?,57-/m0/s1. The lowest BCUT2D eigenvalue weighted by Gasteiger charge is -2.31. The largest absolute Gasteiger partial charge is 0.458 e. The zero-order chi connectivity index (χ0) is 64.2. The van der Waals surface area contributed by atoms with Gasteiger partial charge in [-0.15, -0.1) is 0 Å². The summed E-state index contributed by atoms with van der Waals surface area (Å²) >= 11 is 0. The summed E-state index contributed by atoms with van der Waals surface area (Å²) in [4.78, 5) is 135. The molecule has 89 heavy (non-hydrogen) atoms. The summed E-state index contributed by atoms with van der Waals surface area (Å²) in [5.41, 5.74) is 7.42. The van der Waals surface area contributed by atoms with E-state index in [4.69, 9.17) is 29.7 Å². The number of halogens is 1. The average Bonchev–Trinajstić information content (AvgIpc) is 1.64. The third kappa shape index (κ3) is 13.9. The van der Waals surface area contributed by atoms with Crippen molar-refractivity contribution < 1.29 is 97.1 Å². The van der Waals surface area contributed by atoms with Crippen LogP contribution in [0.15, 0.2) is 47.3 Å². The molecule has 0 spiro atoms. The number of fused-ring (bicyclic) bond motifs is 5. The third-order valence-electron chi connectivity index (χ3n) is 16.2. The Labute approximate surface area is 504 Å². The summed E-state index contributed by atoms with van der Waals surface area (Å²) in [6.07, 6.45) is -13.1. The van der Waals surface area contributed by atoms with E-state index >= 15 is 4.39 Å². The van der Waals surface area contributed by atoms with Crippen LogP contribution in [-0.4, -0.2) is 194 Å². The smallest absolute Gasteiger partial charge is 0.343 e. The van der Waals surface area contributed by atoms with Crippen molar-refractivity contribution >= 4 is 64.1 Å². The SMILES string of the molecule is CC[C@@]1(O)C(=O)OCc2c1cc1n(c2=O)Cc2c-1nc1cc(F)c(C)c3c1c2[C@@H](NC(=O)COCNC(=O)CNC(=O)[C@H](Cc1ccccc1)NC(=O)CNC(=O)CNC(=O)[C@@H](N)CCC(=O)NC1O[C@H](C(=O)NC2O[C@H](CO)[C@@H](O)[C@H]2O)[C@@H](O)[C@H]1O)CC3. The summed E-state index contributed by atoms with van der Waals surface area (Å²) in [6, 6.07) is 8.08. The summed E-state index contributed by atoms with van der Waals surface area (Å²) in [5, 5.41) is 81.4. The maximum atomic E-state index is 15.4. The van der Waals surface area contributed by atoms with Crippen LogP contribution in [0.3, 0.4) is 0 Å². The first-order valence-electron chi connectivity index (χ1n) is 28.5. The van der Waals surface area contributed by atoms with E-state index in [-0.39, 0.29) is 49.1 Å². The van der Waals surface area contributed by atoms with Gasteiger partial charge < -0.3 is 102 Å². The minimum Gasteiger partial charge on any atom is -0.458 e. The molecule has 2 unspecified atom stereocenters. The summed E-state index contributed by atoms with van der Waals surface area (Å²) in [7, 11) is 0. The maximum absolute atomic E-state index is 15.4. The van der Waals surface area contributed by atoms with Crippen LogP contribution >= 0.6 is 0 Å². The van der Waals surface area contributed by atoms with Gasteiger partial charge in [-0.25, -0.2) is 14.2 Å². The Bertz CT molecular complexity index is 3520. The lowest BCUT2D eigenvalue weighted by Crippen LogP contribution is -2.52. The highest BCUT2D eigenvalue weighted by atomic mass is 19.1. The van der Waals surface area contributed by atoms with Crippen LogP contribution in [0, 0.1) is 12.7 Å². The van der Waals surface area contributed by atoms with Crippen molar-refractivity contribution in [2.45, 2.75) is 138 Å². The molecule has 2 aromatic heterocycles. The van der Waals surface area contributed by atoms with E-state index in [9.17, 15) is 78.6 Å². The van der Waals surface area contributed by atoms with Crippen LogP contribution in [-0.2, 0) is 93.7 Å². The van der Waals surface area contributed by atoms with E-state index in [1.54, 1.807) is 50.2 Å². The lowest BCUT2D eigenvalue weighted by atomic mass is 9.81. The van der Waals surface area contributed by atoms with Gasteiger partial charge in [0.15, 0.2) is 24.2 Å². The quantitative estimate of drug-likeness (QED) is 0.0155. The molecule has 9 rings (SSSR count). The van der Waals surface area contributed by atoms with Crippen molar-refractivity contribution in [2.24, 2.45) is 5.73 Å². The number of aliphatic hydroxyl groups is 6. The van der Waals surface area contributed by atoms with Crippen LogP contribution in [0.5, 0.6) is 0 Å². The minimum absolute atomic E-state index is 0.0240. The van der Waals surface area contributed by atoms with Crippen LogP contribution in [0.1, 0.15) is 77.6 Å². The molecule has 6 heterocycles. The van der Waals surface area contributed by atoms with Crippen molar-refractivity contribution in [1.82, 2.24) is 52.1 Å². The number of esters is 1. The number of aryl methyl sites for hydroxylation is 1. The monoisotopic (exact) mass is 1250 g/mol.